The molecule has 17 heavy (non-hydrogen) atoms. The first-order valence-corrected chi connectivity index (χ1v) is 7.28. The highest BCUT2D eigenvalue weighted by molar-refractivity contribution is 7.07. The van der Waals surface area contributed by atoms with E-state index < -0.39 is 0 Å². The number of rotatable bonds is 5. The topological polar surface area (TPSA) is 41.3 Å². The number of thiophene rings is 1. The molecule has 0 aliphatic heterocycles. The van der Waals surface area contributed by atoms with Crippen LogP contribution in [0.3, 0.4) is 0 Å². The summed E-state index contributed by atoms with van der Waals surface area (Å²) < 4.78 is 0. The Morgan fingerprint density at radius 1 is 1.47 bits per heavy atom. The molecule has 2 rings (SSSR count). The Morgan fingerprint density at radius 2 is 2.18 bits per heavy atom. The van der Waals surface area contributed by atoms with Crippen LogP contribution in [0.1, 0.15) is 31.2 Å². The van der Waals surface area contributed by atoms with Crippen molar-refractivity contribution in [3.63, 3.8) is 0 Å². The Balaban J connectivity index is 2.15. The normalized spacial score (nSPS) is 20.9. The van der Waals surface area contributed by atoms with E-state index in [-0.39, 0.29) is 5.54 Å². The molecule has 1 atom stereocenters. The predicted molar refractivity (Wildman–Crippen MR) is 74.0 cm³/mol. The van der Waals surface area contributed by atoms with Crippen LogP contribution in [0.15, 0.2) is 16.8 Å². The van der Waals surface area contributed by atoms with Crippen LogP contribution in [0, 0.1) is 0 Å². The van der Waals surface area contributed by atoms with E-state index in [0.717, 1.165) is 6.42 Å². The molecule has 1 aromatic heterocycles. The first-order chi connectivity index (χ1) is 8.19. The maximum Gasteiger partial charge on any atom is 0.0435 e. The van der Waals surface area contributed by atoms with Crippen LogP contribution in [-0.2, 0) is 6.42 Å². The summed E-state index contributed by atoms with van der Waals surface area (Å²) in [6.45, 7) is 0. The van der Waals surface area contributed by atoms with Crippen LogP contribution < -0.4 is 11.3 Å². The van der Waals surface area contributed by atoms with Crippen LogP contribution in [0.25, 0.3) is 0 Å². The summed E-state index contributed by atoms with van der Waals surface area (Å²) in [4.78, 5) is 2.37. The molecule has 1 fully saturated rings. The fourth-order valence-corrected chi connectivity index (χ4v) is 3.82. The lowest BCUT2D eigenvalue weighted by atomic mass is 9.84. The van der Waals surface area contributed by atoms with Gasteiger partial charge in [-0.05, 0) is 55.7 Å². The third-order valence-electron chi connectivity index (χ3n) is 4.23. The fraction of sp³-hybridized carbons (Fsp3) is 0.692. The first-order valence-electron chi connectivity index (χ1n) is 6.34. The van der Waals surface area contributed by atoms with E-state index in [1.54, 1.807) is 11.3 Å². The second-order valence-corrected chi connectivity index (χ2v) is 6.04. The van der Waals surface area contributed by atoms with Crippen LogP contribution in [0.5, 0.6) is 0 Å². The highest BCUT2D eigenvalue weighted by atomic mass is 32.1. The van der Waals surface area contributed by atoms with E-state index in [2.05, 4.69) is 41.2 Å². The zero-order valence-electron chi connectivity index (χ0n) is 10.8. The molecule has 0 amide bonds. The van der Waals surface area contributed by atoms with E-state index in [0.29, 0.717) is 6.04 Å². The minimum absolute atomic E-state index is 0.233. The zero-order valence-corrected chi connectivity index (χ0v) is 11.6. The summed E-state index contributed by atoms with van der Waals surface area (Å²) in [5.41, 5.74) is 4.69. The SMILES string of the molecule is CN(C)C1(C(Cc2ccsc2)NN)CCCC1. The van der Waals surface area contributed by atoms with Crippen LogP contribution in [0.2, 0.25) is 0 Å². The third-order valence-corrected chi connectivity index (χ3v) is 4.96. The minimum Gasteiger partial charge on any atom is -0.302 e. The number of nitrogens with one attached hydrogen (secondary N) is 1. The lowest BCUT2D eigenvalue weighted by Crippen LogP contribution is -2.60. The average molecular weight is 253 g/mol. The van der Waals surface area contributed by atoms with E-state index in [4.69, 9.17) is 5.84 Å². The van der Waals surface area contributed by atoms with Gasteiger partial charge < -0.3 is 4.90 Å². The molecule has 1 aliphatic rings. The number of nitrogens with two attached hydrogens (primary N) is 1. The maximum atomic E-state index is 5.82. The van der Waals surface area contributed by atoms with Crippen molar-refractivity contribution in [2.45, 2.75) is 43.7 Å². The number of likely N-dealkylation sites (N-methyl/N-ethyl adjacent to an activating group) is 1. The van der Waals surface area contributed by atoms with Crippen molar-refractivity contribution in [1.29, 1.82) is 0 Å². The van der Waals surface area contributed by atoms with Gasteiger partial charge in [-0.15, -0.1) is 0 Å². The van der Waals surface area contributed by atoms with Crippen molar-refractivity contribution in [3.8, 4) is 0 Å². The third kappa shape index (κ3) is 2.55. The van der Waals surface area contributed by atoms with Crippen LogP contribution >= 0.6 is 11.3 Å². The van der Waals surface area contributed by atoms with Gasteiger partial charge in [-0.3, -0.25) is 11.3 Å². The highest BCUT2D eigenvalue weighted by Crippen LogP contribution is 2.37. The summed E-state index contributed by atoms with van der Waals surface area (Å²) in [7, 11) is 4.37. The fourth-order valence-electron chi connectivity index (χ4n) is 3.14. The predicted octanol–water partition coefficient (Wildman–Crippen LogP) is 2.00. The standard InChI is InChI=1S/C13H23N3S/c1-16(2)13(6-3-4-7-13)12(15-14)9-11-5-8-17-10-11/h5,8,10,12,15H,3-4,6-7,9,14H2,1-2H3. The number of nitrogens with zero attached hydrogens (tertiary/aromatic N) is 1. The van der Waals surface area contributed by atoms with Gasteiger partial charge in [0.1, 0.15) is 0 Å². The molecule has 1 heterocycles. The summed E-state index contributed by atoms with van der Waals surface area (Å²) in [5.74, 6) is 5.82. The van der Waals surface area contributed by atoms with Gasteiger partial charge in [-0.1, -0.05) is 12.8 Å². The second-order valence-electron chi connectivity index (χ2n) is 5.26. The number of hydrogen-bond donors (Lipinski definition) is 2. The van der Waals surface area contributed by atoms with Crippen molar-refractivity contribution < 1.29 is 0 Å². The molecule has 0 spiro atoms. The molecule has 4 heteroatoms. The minimum atomic E-state index is 0.233. The molecule has 96 valence electrons. The van der Waals surface area contributed by atoms with Crippen molar-refractivity contribution in [1.82, 2.24) is 10.3 Å². The average Bonchev–Trinajstić information content (AvgIpc) is 2.97. The molecule has 1 saturated carbocycles. The maximum absolute atomic E-state index is 5.82. The van der Waals surface area contributed by atoms with Crippen molar-refractivity contribution >= 4 is 11.3 Å². The monoisotopic (exact) mass is 253 g/mol. The van der Waals surface area contributed by atoms with Gasteiger partial charge in [0.2, 0.25) is 0 Å². The molecule has 0 bridgehead atoms. The summed E-state index contributed by atoms with van der Waals surface area (Å²) >= 11 is 1.76. The van der Waals surface area contributed by atoms with Crippen molar-refractivity contribution in [2.24, 2.45) is 5.84 Å². The zero-order chi connectivity index (χ0) is 12.3. The molecular weight excluding hydrogens is 230 g/mol. The Hall–Kier alpha value is -0.420. The van der Waals surface area contributed by atoms with Gasteiger partial charge in [-0.25, -0.2) is 0 Å². The van der Waals surface area contributed by atoms with Gasteiger partial charge in [-0.2, -0.15) is 11.3 Å². The van der Waals surface area contributed by atoms with E-state index >= 15 is 0 Å². The smallest absolute Gasteiger partial charge is 0.0435 e. The second kappa shape index (κ2) is 5.48. The van der Waals surface area contributed by atoms with Crippen molar-refractivity contribution in [2.75, 3.05) is 14.1 Å². The summed E-state index contributed by atoms with van der Waals surface area (Å²) in [6.07, 6.45) is 6.16. The van der Waals surface area contributed by atoms with E-state index in [9.17, 15) is 0 Å². The molecule has 3 N–H and O–H groups in total. The number of hydrazine groups is 1. The van der Waals surface area contributed by atoms with Crippen LogP contribution in [0.4, 0.5) is 0 Å². The molecule has 0 radical (unpaired) electrons. The first kappa shape index (κ1) is 13.0. The van der Waals surface area contributed by atoms with Gasteiger partial charge in [0.25, 0.3) is 0 Å². The van der Waals surface area contributed by atoms with E-state index in [1.807, 2.05) is 0 Å². The van der Waals surface area contributed by atoms with E-state index in [1.165, 1.54) is 31.2 Å². The lowest BCUT2D eigenvalue weighted by molar-refractivity contribution is 0.104. The highest BCUT2D eigenvalue weighted by Gasteiger charge is 2.42. The van der Waals surface area contributed by atoms with Gasteiger partial charge >= 0.3 is 0 Å². The number of hydrogen-bond acceptors (Lipinski definition) is 4. The van der Waals surface area contributed by atoms with Gasteiger partial charge in [0.05, 0.1) is 0 Å². The Bertz CT molecular complexity index is 328. The summed E-state index contributed by atoms with van der Waals surface area (Å²) in [6, 6.07) is 2.54. The van der Waals surface area contributed by atoms with Crippen molar-refractivity contribution in [3.05, 3.63) is 22.4 Å². The Labute approximate surface area is 108 Å². The molecule has 1 aliphatic carbocycles. The quantitative estimate of drug-likeness (QED) is 0.623. The molecule has 3 nitrogen and oxygen atoms in total. The largest absolute Gasteiger partial charge is 0.302 e. The molecule has 1 unspecified atom stereocenters. The lowest BCUT2D eigenvalue weighted by Gasteiger charge is -2.43. The Morgan fingerprint density at radius 3 is 2.65 bits per heavy atom. The Kier molecular flexibility index (Phi) is 4.20. The summed E-state index contributed by atoms with van der Waals surface area (Å²) in [5, 5.41) is 4.36. The molecular formula is C13H23N3S. The molecule has 1 aromatic rings. The van der Waals surface area contributed by atoms with Crippen LogP contribution in [-0.4, -0.2) is 30.6 Å². The molecule has 0 aromatic carbocycles. The molecule has 0 saturated heterocycles. The van der Waals surface area contributed by atoms with Gasteiger partial charge in [0.15, 0.2) is 0 Å². The van der Waals surface area contributed by atoms with Gasteiger partial charge in [0, 0.05) is 11.6 Å².